The molecule has 0 radical (unpaired) electrons. The molecule has 0 atom stereocenters. The molecule has 100 valence electrons. The summed E-state index contributed by atoms with van der Waals surface area (Å²) in [7, 11) is 0. The van der Waals surface area contributed by atoms with Crippen LogP contribution in [0.1, 0.15) is 10.4 Å². The van der Waals surface area contributed by atoms with E-state index in [9.17, 15) is 9.18 Å². The van der Waals surface area contributed by atoms with Crippen molar-refractivity contribution < 1.29 is 13.6 Å². The number of anilines is 1. The molecule has 0 fully saturated rings. The van der Waals surface area contributed by atoms with Crippen molar-refractivity contribution in [1.29, 1.82) is 0 Å². The molecule has 3 aromatic rings. The minimum absolute atomic E-state index is 0.328. The van der Waals surface area contributed by atoms with Crippen LogP contribution in [0, 0.1) is 5.82 Å². The van der Waals surface area contributed by atoms with Gasteiger partial charge in [-0.2, -0.15) is 0 Å². The SMILES string of the molecule is O=C(Nc1nc(-c2ccco2)cs1)c1ccc(F)cc1. The summed E-state index contributed by atoms with van der Waals surface area (Å²) in [6.07, 6.45) is 1.56. The van der Waals surface area contributed by atoms with Gasteiger partial charge in [0.1, 0.15) is 11.5 Å². The highest BCUT2D eigenvalue weighted by Gasteiger charge is 2.11. The van der Waals surface area contributed by atoms with E-state index in [0.717, 1.165) is 0 Å². The van der Waals surface area contributed by atoms with Crippen molar-refractivity contribution in [2.75, 3.05) is 5.32 Å². The van der Waals surface area contributed by atoms with Crippen molar-refractivity contribution in [3.8, 4) is 11.5 Å². The largest absolute Gasteiger partial charge is 0.463 e. The molecule has 0 saturated heterocycles. The van der Waals surface area contributed by atoms with Gasteiger partial charge in [-0.3, -0.25) is 10.1 Å². The number of halogens is 1. The number of furan rings is 1. The van der Waals surface area contributed by atoms with Crippen LogP contribution in [0.5, 0.6) is 0 Å². The summed E-state index contributed by atoms with van der Waals surface area (Å²) in [6.45, 7) is 0. The Morgan fingerprint density at radius 1 is 1.25 bits per heavy atom. The topological polar surface area (TPSA) is 55.1 Å². The third kappa shape index (κ3) is 2.60. The van der Waals surface area contributed by atoms with Crippen LogP contribution in [-0.2, 0) is 0 Å². The lowest BCUT2D eigenvalue weighted by Gasteiger charge is -2.01. The zero-order chi connectivity index (χ0) is 13.9. The Hall–Kier alpha value is -2.47. The molecular formula is C14H9FN2O2S. The molecule has 0 bridgehead atoms. The second-order valence-electron chi connectivity index (χ2n) is 3.98. The van der Waals surface area contributed by atoms with Gasteiger partial charge < -0.3 is 4.42 Å². The Labute approximate surface area is 117 Å². The van der Waals surface area contributed by atoms with Crippen molar-refractivity contribution in [2.45, 2.75) is 0 Å². The Morgan fingerprint density at radius 3 is 2.75 bits per heavy atom. The van der Waals surface area contributed by atoms with E-state index in [2.05, 4.69) is 10.3 Å². The number of hydrogen-bond acceptors (Lipinski definition) is 4. The molecular weight excluding hydrogens is 279 g/mol. The van der Waals surface area contributed by atoms with E-state index in [1.165, 1.54) is 35.6 Å². The van der Waals surface area contributed by atoms with Crippen LogP contribution in [0.25, 0.3) is 11.5 Å². The molecule has 0 aliphatic rings. The van der Waals surface area contributed by atoms with E-state index in [1.54, 1.807) is 23.8 Å². The lowest BCUT2D eigenvalue weighted by atomic mass is 10.2. The number of amides is 1. The van der Waals surface area contributed by atoms with Crippen molar-refractivity contribution in [1.82, 2.24) is 4.98 Å². The van der Waals surface area contributed by atoms with Crippen LogP contribution in [0.15, 0.2) is 52.5 Å². The van der Waals surface area contributed by atoms with Gasteiger partial charge in [0.15, 0.2) is 10.9 Å². The number of nitrogens with zero attached hydrogens (tertiary/aromatic N) is 1. The van der Waals surface area contributed by atoms with Gasteiger partial charge in [0.25, 0.3) is 5.91 Å². The first-order valence-corrected chi connectivity index (χ1v) is 6.67. The highest BCUT2D eigenvalue weighted by molar-refractivity contribution is 7.14. The maximum Gasteiger partial charge on any atom is 0.257 e. The highest BCUT2D eigenvalue weighted by Crippen LogP contribution is 2.25. The predicted octanol–water partition coefficient (Wildman–Crippen LogP) is 3.79. The van der Waals surface area contributed by atoms with E-state index >= 15 is 0 Å². The van der Waals surface area contributed by atoms with E-state index in [4.69, 9.17) is 4.42 Å². The fourth-order valence-electron chi connectivity index (χ4n) is 1.64. The van der Waals surface area contributed by atoms with E-state index in [1.807, 2.05) is 0 Å². The van der Waals surface area contributed by atoms with Gasteiger partial charge in [0.2, 0.25) is 0 Å². The van der Waals surface area contributed by atoms with Crippen molar-refractivity contribution >= 4 is 22.4 Å². The summed E-state index contributed by atoms with van der Waals surface area (Å²) >= 11 is 1.30. The number of thiazole rings is 1. The number of hydrogen-bond donors (Lipinski definition) is 1. The first-order chi connectivity index (χ1) is 9.72. The maximum absolute atomic E-state index is 12.8. The predicted molar refractivity (Wildman–Crippen MR) is 74.2 cm³/mol. The number of aromatic nitrogens is 1. The van der Waals surface area contributed by atoms with Gasteiger partial charge in [-0.15, -0.1) is 11.3 Å². The number of nitrogens with one attached hydrogen (secondary N) is 1. The van der Waals surface area contributed by atoms with Gasteiger partial charge >= 0.3 is 0 Å². The summed E-state index contributed by atoms with van der Waals surface area (Å²) in [4.78, 5) is 16.2. The van der Waals surface area contributed by atoms with E-state index < -0.39 is 0 Å². The molecule has 0 aliphatic carbocycles. The Kier molecular flexibility index (Phi) is 3.30. The van der Waals surface area contributed by atoms with Gasteiger partial charge in [0, 0.05) is 10.9 Å². The molecule has 0 unspecified atom stereocenters. The molecule has 2 heterocycles. The van der Waals surface area contributed by atoms with Crippen LogP contribution in [0.3, 0.4) is 0 Å². The van der Waals surface area contributed by atoms with Gasteiger partial charge in [-0.05, 0) is 36.4 Å². The summed E-state index contributed by atoms with van der Waals surface area (Å²) < 4.78 is 18.0. The molecule has 1 N–H and O–H groups in total. The summed E-state index contributed by atoms with van der Waals surface area (Å²) in [5, 5.41) is 4.92. The lowest BCUT2D eigenvalue weighted by molar-refractivity contribution is 0.102. The maximum atomic E-state index is 12.8. The standard InChI is InChI=1S/C14H9FN2O2S/c15-10-5-3-9(4-6-10)13(18)17-14-16-11(8-20-14)12-2-1-7-19-12/h1-8H,(H,16,17,18). The molecule has 0 spiro atoms. The second-order valence-corrected chi connectivity index (χ2v) is 4.83. The lowest BCUT2D eigenvalue weighted by Crippen LogP contribution is -2.11. The minimum Gasteiger partial charge on any atom is -0.463 e. The third-order valence-corrected chi connectivity index (χ3v) is 3.36. The Morgan fingerprint density at radius 2 is 2.05 bits per heavy atom. The Balaban J connectivity index is 1.75. The molecule has 6 heteroatoms. The fourth-order valence-corrected chi connectivity index (χ4v) is 2.33. The normalized spacial score (nSPS) is 10.4. The third-order valence-electron chi connectivity index (χ3n) is 2.60. The second kappa shape index (κ2) is 5.26. The average molecular weight is 288 g/mol. The molecule has 2 aromatic heterocycles. The molecule has 3 rings (SSSR count). The molecule has 0 aliphatic heterocycles. The molecule has 20 heavy (non-hydrogen) atoms. The number of benzene rings is 1. The highest BCUT2D eigenvalue weighted by atomic mass is 32.1. The van der Waals surface area contributed by atoms with Crippen LogP contribution >= 0.6 is 11.3 Å². The van der Waals surface area contributed by atoms with Gasteiger partial charge in [0.05, 0.1) is 6.26 Å². The smallest absolute Gasteiger partial charge is 0.257 e. The van der Waals surface area contributed by atoms with Crippen LogP contribution in [0.4, 0.5) is 9.52 Å². The van der Waals surface area contributed by atoms with Crippen LogP contribution in [-0.4, -0.2) is 10.9 Å². The summed E-state index contributed by atoms with van der Waals surface area (Å²) in [5.41, 5.74) is 1.04. The number of carbonyl (C=O) groups excluding carboxylic acids is 1. The van der Waals surface area contributed by atoms with Crippen LogP contribution < -0.4 is 5.32 Å². The van der Waals surface area contributed by atoms with Gasteiger partial charge in [-0.1, -0.05) is 0 Å². The first kappa shape index (κ1) is 12.6. The number of rotatable bonds is 3. The average Bonchev–Trinajstić information content (AvgIpc) is 3.09. The summed E-state index contributed by atoms with van der Waals surface area (Å²) in [5.74, 6) is -0.0650. The zero-order valence-electron chi connectivity index (χ0n) is 10.2. The summed E-state index contributed by atoms with van der Waals surface area (Å²) in [6, 6.07) is 8.89. The quantitative estimate of drug-likeness (QED) is 0.797. The van der Waals surface area contributed by atoms with Gasteiger partial charge in [-0.25, -0.2) is 9.37 Å². The fraction of sp³-hybridized carbons (Fsp3) is 0. The monoisotopic (exact) mass is 288 g/mol. The van der Waals surface area contributed by atoms with Crippen LogP contribution in [0.2, 0.25) is 0 Å². The molecule has 1 amide bonds. The van der Waals surface area contributed by atoms with Crippen molar-refractivity contribution in [2.24, 2.45) is 0 Å². The molecule has 1 aromatic carbocycles. The zero-order valence-corrected chi connectivity index (χ0v) is 11.0. The van der Waals surface area contributed by atoms with E-state index in [0.29, 0.717) is 22.1 Å². The molecule has 4 nitrogen and oxygen atoms in total. The van der Waals surface area contributed by atoms with Crippen molar-refractivity contribution in [3.05, 3.63) is 59.4 Å². The van der Waals surface area contributed by atoms with Crippen molar-refractivity contribution in [3.63, 3.8) is 0 Å². The first-order valence-electron chi connectivity index (χ1n) is 5.79. The minimum atomic E-state index is -0.379. The Bertz CT molecular complexity index is 720. The number of carbonyl (C=O) groups is 1. The van der Waals surface area contributed by atoms with E-state index in [-0.39, 0.29) is 11.7 Å². The molecule has 0 saturated carbocycles.